The maximum absolute atomic E-state index is 13.0. The van der Waals surface area contributed by atoms with Crippen molar-refractivity contribution in [3.63, 3.8) is 0 Å². The average molecular weight is 491 g/mol. The lowest BCUT2D eigenvalue weighted by atomic mass is 9.90. The second-order valence-electron chi connectivity index (χ2n) is 8.46. The van der Waals surface area contributed by atoms with Gasteiger partial charge in [-0.3, -0.25) is 4.79 Å². The van der Waals surface area contributed by atoms with E-state index in [1.807, 2.05) is 12.1 Å². The molecule has 2 N–H and O–H groups in total. The van der Waals surface area contributed by atoms with Gasteiger partial charge in [0, 0.05) is 13.2 Å². The Morgan fingerprint density at radius 1 is 0.941 bits per heavy atom. The van der Waals surface area contributed by atoms with Crippen LogP contribution < -0.4 is 19.5 Å². The number of rotatable bonds is 12. The molecule has 3 rings (SSSR count). The first kappa shape index (κ1) is 26.0. The van der Waals surface area contributed by atoms with Crippen LogP contribution in [0.4, 0.5) is 0 Å². The molecule has 0 heterocycles. The third-order valence-electron chi connectivity index (χ3n) is 5.97. The van der Waals surface area contributed by atoms with Crippen molar-refractivity contribution in [1.82, 2.24) is 10.0 Å². The van der Waals surface area contributed by atoms with Gasteiger partial charge in [0.05, 0.1) is 25.7 Å². The van der Waals surface area contributed by atoms with Gasteiger partial charge in [0.15, 0.2) is 0 Å². The van der Waals surface area contributed by atoms with E-state index in [4.69, 9.17) is 14.2 Å². The first-order valence-electron chi connectivity index (χ1n) is 11.6. The molecule has 8 nitrogen and oxygen atoms in total. The van der Waals surface area contributed by atoms with Crippen molar-refractivity contribution in [1.29, 1.82) is 0 Å². The minimum Gasteiger partial charge on any atom is -0.497 e. The molecule has 2 aromatic carbocycles. The number of hydrogen-bond acceptors (Lipinski definition) is 6. The van der Waals surface area contributed by atoms with Crippen molar-refractivity contribution in [2.45, 2.75) is 49.6 Å². The molecule has 9 heteroatoms. The van der Waals surface area contributed by atoms with Crippen molar-refractivity contribution in [3.8, 4) is 11.5 Å². The number of amides is 1. The molecule has 0 aromatic heterocycles. The summed E-state index contributed by atoms with van der Waals surface area (Å²) in [6.45, 7) is 0.735. The lowest BCUT2D eigenvalue weighted by Gasteiger charge is -2.23. The van der Waals surface area contributed by atoms with Crippen LogP contribution in [0.25, 0.3) is 0 Å². The van der Waals surface area contributed by atoms with Crippen LogP contribution in [0.1, 0.15) is 37.7 Å². The Labute approximate surface area is 202 Å². The summed E-state index contributed by atoms with van der Waals surface area (Å²) in [5.74, 6) is 1.27. The van der Waals surface area contributed by atoms with Gasteiger partial charge in [-0.15, -0.1) is 0 Å². The van der Waals surface area contributed by atoms with Crippen molar-refractivity contribution >= 4 is 15.9 Å². The summed E-state index contributed by atoms with van der Waals surface area (Å²) in [4.78, 5) is 13.0. The molecule has 0 saturated heterocycles. The summed E-state index contributed by atoms with van der Waals surface area (Å²) in [7, 11) is -0.844. The highest BCUT2D eigenvalue weighted by Gasteiger charge is 2.27. The number of ether oxygens (including phenoxy) is 3. The van der Waals surface area contributed by atoms with Crippen LogP contribution in [-0.2, 0) is 26.1 Å². The van der Waals surface area contributed by atoms with E-state index < -0.39 is 22.0 Å². The Hall–Kier alpha value is -2.62. The summed E-state index contributed by atoms with van der Waals surface area (Å²) in [6, 6.07) is 12.2. The maximum atomic E-state index is 13.0. The minimum absolute atomic E-state index is 0.0413. The van der Waals surface area contributed by atoms with Gasteiger partial charge < -0.3 is 19.5 Å². The summed E-state index contributed by atoms with van der Waals surface area (Å²) in [5, 5.41) is 2.81. The van der Waals surface area contributed by atoms with Crippen LogP contribution in [0, 0.1) is 5.92 Å². The summed E-state index contributed by atoms with van der Waals surface area (Å²) < 4.78 is 44.5. The van der Waals surface area contributed by atoms with E-state index in [1.54, 1.807) is 31.4 Å². The van der Waals surface area contributed by atoms with Gasteiger partial charge in [0.1, 0.15) is 17.5 Å². The monoisotopic (exact) mass is 490 g/mol. The van der Waals surface area contributed by atoms with Crippen LogP contribution in [0.15, 0.2) is 53.4 Å². The van der Waals surface area contributed by atoms with Crippen LogP contribution in [0.2, 0.25) is 0 Å². The molecule has 0 bridgehead atoms. The number of methoxy groups -OCH3 is 2. The van der Waals surface area contributed by atoms with Crippen molar-refractivity contribution < 1.29 is 27.4 Å². The zero-order chi connectivity index (χ0) is 24.4. The lowest BCUT2D eigenvalue weighted by Crippen LogP contribution is -2.49. The predicted molar refractivity (Wildman–Crippen MR) is 129 cm³/mol. The highest BCUT2D eigenvalue weighted by Crippen LogP contribution is 2.23. The molecule has 1 atom stereocenters. The molecular weight excluding hydrogens is 456 g/mol. The number of hydrogen-bond donors (Lipinski definition) is 2. The van der Waals surface area contributed by atoms with Gasteiger partial charge in [-0.1, -0.05) is 31.4 Å². The molecular formula is C25H34N2O6S. The summed E-state index contributed by atoms with van der Waals surface area (Å²) >= 11 is 0. The van der Waals surface area contributed by atoms with Crippen molar-refractivity contribution in [2.75, 3.05) is 27.4 Å². The molecule has 34 heavy (non-hydrogen) atoms. The van der Waals surface area contributed by atoms with E-state index in [1.165, 1.54) is 38.5 Å². The first-order valence-corrected chi connectivity index (χ1v) is 13.0. The Morgan fingerprint density at radius 2 is 1.53 bits per heavy atom. The van der Waals surface area contributed by atoms with Crippen LogP contribution in [0.5, 0.6) is 11.5 Å². The molecule has 1 saturated carbocycles. The highest BCUT2D eigenvalue weighted by molar-refractivity contribution is 7.89. The van der Waals surface area contributed by atoms with Crippen molar-refractivity contribution in [3.05, 3.63) is 54.1 Å². The molecule has 2 aromatic rings. The van der Waals surface area contributed by atoms with Gasteiger partial charge in [0.2, 0.25) is 15.9 Å². The van der Waals surface area contributed by atoms with Crippen LogP contribution >= 0.6 is 0 Å². The summed E-state index contributed by atoms with van der Waals surface area (Å²) in [5.41, 5.74) is 0.869. The quantitative estimate of drug-likeness (QED) is 0.473. The Kier molecular flexibility index (Phi) is 9.74. The fraction of sp³-hybridized carbons (Fsp3) is 0.480. The smallest absolute Gasteiger partial charge is 0.241 e. The number of nitrogens with one attached hydrogen (secondary N) is 2. The fourth-order valence-corrected chi connectivity index (χ4v) is 5.12. The predicted octanol–water partition coefficient (Wildman–Crippen LogP) is 3.26. The van der Waals surface area contributed by atoms with Crippen LogP contribution in [0.3, 0.4) is 0 Å². The molecule has 186 valence electrons. The van der Waals surface area contributed by atoms with Crippen molar-refractivity contribution in [2.24, 2.45) is 5.92 Å². The van der Waals surface area contributed by atoms with E-state index >= 15 is 0 Å². The molecule has 0 radical (unpaired) electrons. The topological polar surface area (TPSA) is 103 Å². The Bertz CT molecular complexity index is 1000. The highest BCUT2D eigenvalue weighted by atomic mass is 32.2. The molecule has 0 unspecified atom stereocenters. The molecule has 0 aliphatic heterocycles. The standard InChI is InChI=1S/C25H34N2O6S/c1-31-21-10-8-19(9-11-21)16-26-25(28)24(18-33-17-20-6-4-3-5-7-20)27-34(29,30)23-14-12-22(32-2)13-15-23/h8-15,20,24,27H,3-7,16-18H2,1-2H3,(H,26,28)/t24-/m0/s1. The largest absolute Gasteiger partial charge is 0.497 e. The van der Waals surface area contributed by atoms with Gasteiger partial charge in [-0.05, 0) is 60.7 Å². The van der Waals surface area contributed by atoms with E-state index in [0.717, 1.165) is 24.2 Å². The fourth-order valence-electron chi connectivity index (χ4n) is 3.94. The number of carbonyl (C=O) groups excluding carboxylic acids is 1. The van der Waals surface area contributed by atoms with Gasteiger partial charge in [-0.25, -0.2) is 8.42 Å². The normalized spacial score (nSPS) is 15.5. The van der Waals surface area contributed by atoms with Gasteiger partial charge in [0.25, 0.3) is 0 Å². The van der Waals surface area contributed by atoms with E-state index in [0.29, 0.717) is 18.3 Å². The third kappa shape index (κ3) is 7.72. The van der Waals surface area contributed by atoms with E-state index in [9.17, 15) is 13.2 Å². The van der Waals surface area contributed by atoms with Crippen LogP contribution in [-0.4, -0.2) is 47.8 Å². The second kappa shape index (κ2) is 12.7. The van der Waals surface area contributed by atoms with E-state index in [2.05, 4.69) is 10.0 Å². The molecule has 1 fully saturated rings. The minimum atomic E-state index is -3.94. The Morgan fingerprint density at radius 3 is 2.12 bits per heavy atom. The number of carbonyl (C=O) groups is 1. The molecule has 1 aliphatic carbocycles. The molecule has 0 spiro atoms. The molecule has 1 aliphatic rings. The SMILES string of the molecule is COc1ccc(CNC(=O)[C@H](COCC2CCCCC2)NS(=O)(=O)c2ccc(OC)cc2)cc1. The number of sulfonamides is 1. The van der Waals surface area contributed by atoms with Gasteiger partial charge >= 0.3 is 0 Å². The third-order valence-corrected chi connectivity index (χ3v) is 7.46. The maximum Gasteiger partial charge on any atom is 0.241 e. The average Bonchev–Trinajstić information content (AvgIpc) is 2.87. The zero-order valence-electron chi connectivity index (χ0n) is 19.8. The number of benzene rings is 2. The zero-order valence-corrected chi connectivity index (χ0v) is 20.6. The Balaban J connectivity index is 1.65. The van der Waals surface area contributed by atoms with E-state index in [-0.39, 0.29) is 18.0 Å². The second-order valence-corrected chi connectivity index (χ2v) is 10.2. The van der Waals surface area contributed by atoms with Gasteiger partial charge in [-0.2, -0.15) is 4.72 Å². The lowest BCUT2D eigenvalue weighted by molar-refractivity contribution is -0.124. The summed E-state index contributed by atoms with van der Waals surface area (Å²) in [6.07, 6.45) is 5.82. The molecule has 1 amide bonds. The first-order chi connectivity index (χ1) is 16.4.